The van der Waals surface area contributed by atoms with Gasteiger partial charge in [-0.05, 0) is 28.5 Å². The normalized spacial score (nSPS) is 11.5. The second-order valence-electron chi connectivity index (χ2n) is 6.22. The molecule has 4 N–H and O–H groups in total. The molecule has 0 radical (unpaired) electrons. The maximum Gasteiger partial charge on any atom is 0.315 e. The third-order valence-electron chi connectivity index (χ3n) is 4.34. The Morgan fingerprint density at radius 1 is 1.28 bits per heavy atom. The van der Waals surface area contributed by atoms with Gasteiger partial charge < -0.3 is 21.0 Å². The highest BCUT2D eigenvalue weighted by atomic mass is 19.1. The number of aromatic nitrogens is 4. The van der Waals surface area contributed by atoms with E-state index in [0.717, 1.165) is 6.07 Å². The molecule has 13 nitrogen and oxygen atoms in total. The van der Waals surface area contributed by atoms with Gasteiger partial charge in [0.05, 0.1) is 17.7 Å². The van der Waals surface area contributed by atoms with Crippen molar-refractivity contribution in [3.63, 3.8) is 0 Å². The van der Waals surface area contributed by atoms with Crippen molar-refractivity contribution in [3.05, 3.63) is 63.6 Å². The zero-order valence-corrected chi connectivity index (χ0v) is 16.2. The van der Waals surface area contributed by atoms with E-state index in [1.807, 2.05) is 0 Å². The monoisotopic (exact) mass is 440 g/mol. The Hall–Kier alpha value is -4.88. The molecule has 0 saturated carbocycles. The largest absolute Gasteiger partial charge is 0.500 e. The number of fused-ring (bicyclic) bond motifs is 1. The summed E-state index contributed by atoms with van der Waals surface area (Å²) in [5, 5.41) is 35.1. The van der Waals surface area contributed by atoms with Crippen LogP contribution in [-0.2, 0) is 0 Å². The zero-order valence-electron chi connectivity index (χ0n) is 16.2. The van der Waals surface area contributed by atoms with E-state index in [9.17, 15) is 19.6 Å². The fourth-order valence-corrected chi connectivity index (χ4v) is 2.88. The van der Waals surface area contributed by atoms with Gasteiger partial charge in [0, 0.05) is 11.6 Å². The Labute approximate surface area is 177 Å². The molecule has 0 aliphatic rings. The number of ether oxygens (including phenoxy) is 1. The van der Waals surface area contributed by atoms with Gasteiger partial charge in [-0.1, -0.05) is 12.1 Å². The molecule has 0 bridgehead atoms. The van der Waals surface area contributed by atoms with E-state index in [1.54, 1.807) is 6.07 Å². The Balaban J connectivity index is 1.92. The highest BCUT2D eigenvalue weighted by Crippen LogP contribution is 2.38. The van der Waals surface area contributed by atoms with Crippen molar-refractivity contribution >= 4 is 34.2 Å². The number of phenolic OH excluding ortho intramolecular Hbond substituents is 1. The SMILES string of the molecule is COc1cc(C(=NN)c2nc3nonc3nc2Nc2ccccc2F)cc([N+](=O)[O-])c1O. The number of nitro benzene ring substituents is 1. The number of aromatic hydroxyl groups is 1. The third kappa shape index (κ3) is 3.55. The van der Waals surface area contributed by atoms with Crippen molar-refractivity contribution in [2.24, 2.45) is 10.9 Å². The minimum atomic E-state index is -0.801. The topological polar surface area (TPSA) is 188 Å². The highest BCUT2D eigenvalue weighted by Gasteiger charge is 2.26. The first kappa shape index (κ1) is 20.4. The lowest BCUT2D eigenvalue weighted by molar-refractivity contribution is -0.386. The second-order valence-corrected chi connectivity index (χ2v) is 6.22. The Bertz CT molecular complexity index is 1370. The molecule has 0 aliphatic heterocycles. The molecule has 2 aromatic heterocycles. The van der Waals surface area contributed by atoms with Crippen LogP contribution in [0.1, 0.15) is 11.3 Å². The van der Waals surface area contributed by atoms with Crippen LogP contribution in [0, 0.1) is 15.9 Å². The number of hydrogen-bond acceptors (Lipinski definition) is 12. The van der Waals surface area contributed by atoms with E-state index in [1.165, 1.54) is 31.4 Å². The number of hydrogen-bond donors (Lipinski definition) is 3. The van der Waals surface area contributed by atoms with E-state index in [4.69, 9.17) is 10.6 Å². The van der Waals surface area contributed by atoms with Gasteiger partial charge in [-0.3, -0.25) is 10.1 Å². The van der Waals surface area contributed by atoms with Crippen molar-refractivity contribution < 1.29 is 23.8 Å². The summed E-state index contributed by atoms with van der Waals surface area (Å²) < 4.78 is 23.9. The van der Waals surface area contributed by atoms with Gasteiger partial charge >= 0.3 is 5.69 Å². The van der Waals surface area contributed by atoms with E-state index in [0.29, 0.717) is 0 Å². The first-order chi connectivity index (χ1) is 15.4. The van der Waals surface area contributed by atoms with Crippen molar-refractivity contribution in [2.75, 3.05) is 12.4 Å². The van der Waals surface area contributed by atoms with E-state index >= 15 is 0 Å². The molecule has 2 aromatic carbocycles. The molecule has 162 valence electrons. The van der Waals surface area contributed by atoms with Crippen molar-refractivity contribution in [1.82, 2.24) is 20.3 Å². The van der Waals surface area contributed by atoms with Crippen molar-refractivity contribution in [3.8, 4) is 11.5 Å². The standard InChI is InChI=1S/C18H13FN8O5/c1-31-12-7-8(6-11(15(12)28)27(29)30)13(24-20)14-16(21-10-5-3-2-4-9(10)19)23-18-17(22-14)25-32-26-18/h2-7,28H,20H2,1H3,(H,21,23,26). The van der Waals surface area contributed by atoms with E-state index in [-0.39, 0.29) is 45.5 Å². The van der Waals surface area contributed by atoms with Crippen LogP contribution in [0.4, 0.5) is 21.6 Å². The average Bonchev–Trinajstić information content (AvgIpc) is 3.23. The first-order valence-electron chi connectivity index (χ1n) is 8.78. The fraction of sp³-hybridized carbons (Fsp3) is 0.0556. The minimum absolute atomic E-state index is 0.0122. The third-order valence-corrected chi connectivity index (χ3v) is 4.34. The van der Waals surface area contributed by atoms with Crippen LogP contribution in [0.25, 0.3) is 11.3 Å². The quantitative estimate of drug-likeness (QED) is 0.173. The molecular weight excluding hydrogens is 427 g/mol. The van der Waals surface area contributed by atoms with Crippen molar-refractivity contribution in [1.29, 1.82) is 0 Å². The number of anilines is 2. The van der Waals surface area contributed by atoms with Gasteiger partial charge in [0.2, 0.25) is 17.0 Å². The number of phenols is 1. The molecule has 0 unspecified atom stereocenters. The summed E-state index contributed by atoms with van der Waals surface area (Å²) in [5.41, 5.74) is -0.663. The molecule has 0 aliphatic carbocycles. The smallest absolute Gasteiger partial charge is 0.315 e. The number of hydrazone groups is 1. The van der Waals surface area contributed by atoms with Gasteiger partial charge in [-0.15, -0.1) is 0 Å². The van der Waals surface area contributed by atoms with Gasteiger partial charge in [0.25, 0.3) is 0 Å². The predicted octanol–water partition coefficient (Wildman–Crippen LogP) is 2.23. The molecule has 0 amide bonds. The summed E-state index contributed by atoms with van der Waals surface area (Å²) in [6.45, 7) is 0. The summed E-state index contributed by atoms with van der Waals surface area (Å²) in [5.74, 6) is 4.11. The van der Waals surface area contributed by atoms with Gasteiger partial charge in [0.1, 0.15) is 17.2 Å². The number of methoxy groups -OCH3 is 1. The summed E-state index contributed by atoms with van der Waals surface area (Å²) in [7, 11) is 1.22. The molecular formula is C18H13FN8O5. The average molecular weight is 440 g/mol. The minimum Gasteiger partial charge on any atom is -0.500 e. The van der Waals surface area contributed by atoms with Crippen LogP contribution in [0.15, 0.2) is 46.1 Å². The number of halogens is 1. The van der Waals surface area contributed by atoms with Gasteiger partial charge in [0.15, 0.2) is 11.6 Å². The second kappa shape index (κ2) is 8.10. The molecule has 32 heavy (non-hydrogen) atoms. The van der Waals surface area contributed by atoms with Crippen LogP contribution < -0.4 is 15.9 Å². The number of para-hydroxylation sites is 1. The molecule has 0 saturated heterocycles. The molecule has 0 atom stereocenters. The number of nitro groups is 1. The highest BCUT2D eigenvalue weighted by molar-refractivity contribution is 6.15. The number of rotatable bonds is 6. The van der Waals surface area contributed by atoms with Crippen LogP contribution in [0.2, 0.25) is 0 Å². The number of nitrogens with two attached hydrogens (primary N) is 1. The number of nitrogens with one attached hydrogen (secondary N) is 1. The van der Waals surface area contributed by atoms with Gasteiger partial charge in [-0.2, -0.15) is 5.10 Å². The number of nitrogens with zero attached hydrogens (tertiary/aromatic N) is 6. The molecule has 2 heterocycles. The lowest BCUT2D eigenvalue weighted by Crippen LogP contribution is -2.14. The van der Waals surface area contributed by atoms with E-state index < -0.39 is 22.2 Å². The van der Waals surface area contributed by atoms with Crippen molar-refractivity contribution in [2.45, 2.75) is 0 Å². The van der Waals surface area contributed by atoms with Crippen LogP contribution in [0.3, 0.4) is 0 Å². The Morgan fingerprint density at radius 3 is 2.66 bits per heavy atom. The summed E-state index contributed by atoms with van der Waals surface area (Å²) in [4.78, 5) is 19.1. The fourth-order valence-electron chi connectivity index (χ4n) is 2.88. The Kier molecular flexibility index (Phi) is 5.16. The lowest BCUT2D eigenvalue weighted by atomic mass is 10.0. The molecule has 0 spiro atoms. The predicted molar refractivity (Wildman–Crippen MR) is 108 cm³/mol. The van der Waals surface area contributed by atoms with Crippen LogP contribution >= 0.6 is 0 Å². The lowest BCUT2D eigenvalue weighted by Gasteiger charge is -2.13. The molecule has 0 fully saturated rings. The maximum atomic E-state index is 14.2. The summed E-state index contributed by atoms with van der Waals surface area (Å²) in [6.07, 6.45) is 0. The van der Waals surface area contributed by atoms with Crippen LogP contribution in [0.5, 0.6) is 11.5 Å². The van der Waals surface area contributed by atoms with Gasteiger partial charge in [-0.25, -0.2) is 19.0 Å². The summed E-state index contributed by atoms with van der Waals surface area (Å²) >= 11 is 0. The van der Waals surface area contributed by atoms with Crippen LogP contribution in [-0.4, -0.2) is 43.1 Å². The molecule has 4 aromatic rings. The number of benzene rings is 2. The van der Waals surface area contributed by atoms with E-state index in [2.05, 4.69) is 35.3 Å². The molecule has 4 rings (SSSR count). The maximum absolute atomic E-state index is 14.2. The Morgan fingerprint density at radius 2 is 2.00 bits per heavy atom. The molecule has 14 heteroatoms. The first-order valence-corrected chi connectivity index (χ1v) is 8.78. The summed E-state index contributed by atoms with van der Waals surface area (Å²) in [6, 6.07) is 8.10. The zero-order chi connectivity index (χ0) is 22.8.